The summed E-state index contributed by atoms with van der Waals surface area (Å²) in [5.41, 5.74) is 2.44. The summed E-state index contributed by atoms with van der Waals surface area (Å²) in [5.74, 6) is 0. The predicted molar refractivity (Wildman–Crippen MR) is 161 cm³/mol. The molecule has 4 heterocycles. The van der Waals surface area contributed by atoms with Crippen LogP contribution in [0.15, 0.2) is 47.3 Å². The van der Waals surface area contributed by atoms with E-state index in [4.69, 9.17) is 4.74 Å². The van der Waals surface area contributed by atoms with Gasteiger partial charge >= 0.3 is 12.1 Å². The summed E-state index contributed by atoms with van der Waals surface area (Å²) >= 11 is 0. The number of nitrogens with one attached hydrogen (secondary N) is 1. The van der Waals surface area contributed by atoms with Crippen molar-refractivity contribution in [3.63, 3.8) is 0 Å². The van der Waals surface area contributed by atoms with E-state index in [1.54, 1.807) is 20.4 Å². The summed E-state index contributed by atoms with van der Waals surface area (Å²) < 4.78 is 7.28. The van der Waals surface area contributed by atoms with E-state index in [9.17, 15) is 14.4 Å². The quantitative estimate of drug-likeness (QED) is 0.559. The number of pyridine rings is 1. The van der Waals surface area contributed by atoms with Gasteiger partial charge in [-0.3, -0.25) is 4.79 Å². The Hall–Kier alpha value is -3.49. The van der Waals surface area contributed by atoms with Crippen molar-refractivity contribution in [3.05, 3.63) is 64.1 Å². The first-order valence-electron chi connectivity index (χ1n) is 15.0. The van der Waals surface area contributed by atoms with Gasteiger partial charge in [0.1, 0.15) is 5.60 Å². The molecule has 3 aliphatic heterocycles. The topological polar surface area (TPSA) is 87.1 Å². The lowest BCUT2D eigenvalue weighted by molar-refractivity contribution is 0.0161. The van der Waals surface area contributed by atoms with Gasteiger partial charge in [-0.05, 0) is 65.0 Å². The van der Waals surface area contributed by atoms with Gasteiger partial charge in [0.05, 0.1) is 5.54 Å². The van der Waals surface area contributed by atoms with Crippen molar-refractivity contribution >= 4 is 17.8 Å². The molecule has 0 radical (unpaired) electrons. The number of anilines is 1. The zero-order valence-electron chi connectivity index (χ0n) is 25.2. The van der Waals surface area contributed by atoms with Gasteiger partial charge in [-0.25, -0.2) is 9.59 Å². The lowest BCUT2D eigenvalue weighted by Crippen LogP contribution is -2.54. The van der Waals surface area contributed by atoms with E-state index in [1.165, 1.54) is 5.56 Å². The number of hydrogen-bond donors (Lipinski definition) is 1. The van der Waals surface area contributed by atoms with Crippen LogP contribution < -0.4 is 15.8 Å². The Kier molecular flexibility index (Phi) is 7.83. The normalized spacial score (nSPS) is 22.4. The Balaban J connectivity index is 1.19. The summed E-state index contributed by atoms with van der Waals surface area (Å²) in [7, 11) is 0. The predicted octanol–water partition coefficient (Wildman–Crippen LogP) is 4.51. The van der Waals surface area contributed by atoms with Gasteiger partial charge in [0, 0.05) is 68.7 Å². The molecule has 1 atom stereocenters. The molecule has 0 saturated carbocycles. The minimum atomic E-state index is -0.532. The number of hydrogen-bond acceptors (Lipinski definition) is 5. The molecule has 3 fully saturated rings. The van der Waals surface area contributed by atoms with E-state index in [1.807, 2.05) is 27.7 Å². The lowest BCUT2D eigenvalue weighted by Gasteiger charge is -2.39. The first kappa shape index (κ1) is 29.0. The summed E-state index contributed by atoms with van der Waals surface area (Å²) in [5, 5.41) is 3.18. The third kappa shape index (κ3) is 6.09. The number of piperidine rings is 1. The number of aromatic nitrogens is 1. The van der Waals surface area contributed by atoms with Crippen LogP contribution in [-0.4, -0.2) is 76.9 Å². The van der Waals surface area contributed by atoms with Gasteiger partial charge in [-0.2, -0.15) is 0 Å². The van der Waals surface area contributed by atoms with Gasteiger partial charge in [0.2, 0.25) is 0 Å². The molecule has 9 heteroatoms. The summed E-state index contributed by atoms with van der Waals surface area (Å²) in [6.07, 6.45) is 3.18. The molecule has 1 spiro atoms. The minimum absolute atomic E-state index is 0.0336. The first-order valence-corrected chi connectivity index (χ1v) is 15.0. The van der Waals surface area contributed by atoms with Gasteiger partial charge < -0.3 is 29.3 Å². The fourth-order valence-corrected chi connectivity index (χ4v) is 6.70. The average molecular weight is 564 g/mol. The molecule has 5 rings (SSSR count). The van der Waals surface area contributed by atoms with E-state index >= 15 is 0 Å². The van der Waals surface area contributed by atoms with Gasteiger partial charge in [0.25, 0.3) is 5.56 Å². The van der Waals surface area contributed by atoms with E-state index in [2.05, 4.69) is 53.5 Å². The van der Waals surface area contributed by atoms with Crippen molar-refractivity contribution in [2.24, 2.45) is 0 Å². The maximum absolute atomic E-state index is 13.3. The standard InChI is InChI=1S/C32H45N5O4/c1-6-31(25-10-8-7-9-11-25)12-15-35(22-31)26-20-24(2)37(27(38)21-26)19-18-36-23-32(33-28(36)39)13-16-34(17-14-32)29(40)41-30(3,4)5/h7-11,20-21H,6,12-19,22-23H2,1-5H3,(H,33,39)/t31-/m1/s1. The van der Waals surface area contributed by atoms with E-state index in [0.29, 0.717) is 45.6 Å². The highest BCUT2D eigenvalue weighted by Gasteiger charge is 2.45. The van der Waals surface area contributed by atoms with Crippen LogP contribution in [0.1, 0.15) is 64.6 Å². The number of likely N-dealkylation sites (tertiary alicyclic amines) is 1. The molecule has 0 bridgehead atoms. The molecular weight excluding hydrogens is 518 g/mol. The van der Waals surface area contributed by atoms with Crippen LogP contribution in [0.5, 0.6) is 0 Å². The van der Waals surface area contributed by atoms with Crippen LogP contribution in [0, 0.1) is 6.92 Å². The molecule has 3 saturated heterocycles. The highest BCUT2D eigenvalue weighted by molar-refractivity contribution is 5.78. The number of rotatable bonds is 6. The molecule has 0 unspecified atom stereocenters. The lowest BCUT2D eigenvalue weighted by atomic mass is 9.77. The van der Waals surface area contributed by atoms with Crippen molar-refractivity contribution in [2.75, 3.05) is 44.2 Å². The van der Waals surface area contributed by atoms with Crippen LogP contribution >= 0.6 is 0 Å². The van der Waals surface area contributed by atoms with E-state index in [0.717, 1.165) is 37.3 Å². The number of benzene rings is 1. The van der Waals surface area contributed by atoms with Crippen LogP contribution in [-0.2, 0) is 16.7 Å². The molecule has 0 aliphatic carbocycles. The zero-order valence-corrected chi connectivity index (χ0v) is 25.2. The Morgan fingerprint density at radius 3 is 2.32 bits per heavy atom. The number of ether oxygens (including phenoxy) is 1. The van der Waals surface area contributed by atoms with Crippen LogP contribution in [0.4, 0.5) is 15.3 Å². The second-order valence-corrected chi connectivity index (χ2v) is 13.1. The van der Waals surface area contributed by atoms with Crippen LogP contribution in [0.3, 0.4) is 0 Å². The van der Waals surface area contributed by atoms with E-state index in [-0.39, 0.29) is 28.6 Å². The average Bonchev–Trinajstić information content (AvgIpc) is 3.50. The Labute approximate surface area is 243 Å². The minimum Gasteiger partial charge on any atom is -0.444 e. The van der Waals surface area contributed by atoms with Crippen molar-refractivity contribution in [1.29, 1.82) is 0 Å². The van der Waals surface area contributed by atoms with Gasteiger partial charge in [-0.15, -0.1) is 0 Å². The van der Waals surface area contributed by atoms with Crippen molar-refractivity contribution in [1.82, 2.24) is 19.7 Å². The van der Waals surface area contributed by atoms with Crippen molar-refractivity contribution < 1.29 is 14.3 Å². The number of urea groups is 1. The fourth-order valence-electron chi connectivity index (χ4n) is 6.70. The maximum Gasteiger partial charge on any atom is 0.410 e. The Bertz CT molecular complexity index is 1330. The highest BCUT2D eigenvalue weighted by atomic mass is 16.6. The maximum atomic E-state index is 13.3. The monoisotopic (exact) mass is 563 g/mol. The molecule has 1 N–H and O–H groups in total. The number of carbonyl (C=O) groups excluding carboxylic acids is 2. The van der Waals surface area contributed by atoms with Crippen LogP contribution in [0.2, 0.25) is 0 Å². The molecule has 41 heavy (non-hydrogen) atoms. The van der Waals surface area contributed by atoms with Crippen molar-refractivity contribution in [2.45, 2.75) is 83.4 Å². The SMILES string of the molecule is CC[C@@]1(c2ccccc2)CCN(c2cc(C)n(CCN3CC4(CCN(C(=O)OC(C)(C)C)CC4)NC3=O)c(=O)c2)C1. The third-order valence-electron chi connectivity index (χ3n) is 9.22. The Morgan fingerprint density at radius 1 is 0.976 bits per heavy atom. The molecule has 1 aromatic heterocycles. The Morgan fingerprint density at radius 2 is 1.68 bits per heavy atom. The van der Waals surface area contributed by atoms with Crippen molar-refractivity contribution in [3.8, 4) is 0 Å². The highest BCUT2D eigenvalue weighted by Crippen LogP contribution is 2.39. The molecule has 3 amide bonds. The summed E-state index contributed by atoms with van der Waals surface area (Å²) in [4.78, 5) is 44.5. The molecule has 9 nitrogen and oxygen atoms in total. The fraction of sp³-hybridized carbons (Fsp3) is 0.594. The van der Waals surface area contributed by atoms with Gasteiger partial charge in [-0.1, -0.05) is 37.3 Å². The zero-order chi connectivity index (χ0) is 29.4. The second-order valence-electron chi connectivity index (χ2n) is 13.1. The molecule has 2 aromatic rings. The molecular formula is C32H45N5O4. The number of nitrogens with zero attached hydrogens (tertiary/aromatic N) is 4. The summed E-state index contributed by atoms with van der Waals surface area (Å²) in [6.45, 7) is 14.2. The smallest absolute Gasteiger partial charge is 0.410 e. The van der Waals surface area contributed by atoms with Crippen LogP contribution in [0.25, 0.3) is 0 Å². The molecule has 3 aliphatic rings. The third-order valence-corrected chi connectivity index (χ3v) is 9.22. The number of aryl methyl sites for hydroxylation is 1. The molecule has 1 aromatic carbocycles. The summed E-state index contributed by atoms with van der Waals surface area (Å²) in [6, 6.07) is 14.5. The first-order chi connectivity index (χ1) is 19.4. The number of carbonyl (C=O) groups is 2. The second kappa shape index (κ2) is 11.1. The van der Waals surface area contributed by atoms with E-state index < -0.39 is 5.60 Å². The van der Waals surface area contributed by atoms with Gasteiger partial charge in [0.15, 0.2) is 0 Å². The molecule has 222 valence electrons. The number of amides is 3. The largest absolute Gasteiger partial charge is 0.444 e.